The molecule has 100 valence electrons. The second-order valence-electron chi connectivity index (χ2n) is 5.30. The van der Waals surface area contributed by atoms with Gasteiger partial charge in [-0.2, -0.15) is 0 Å². The molecule has 1 aromatic heterocycles. The second kappa shape index (κ2) is 4.74. The second-order valence-corrected chi connectivity index (χ2v) is 6.48. The highest BCUT2D eigenvalue weighted by atomic mass is 79.9. The maximum atomic E-state index is 5.80. The molecule has 2 aromatic carbocycles. The molecule has 0 aliphatic heterocycles. The van der Waals surface area contributed by atoms with Gasteiger partial charge in [0.2, 0.25) is 0 Å². The van der Waals surface area contributed by atoms with Gasteiger partial charge in [0.25, 0.3) is 0 Å². The van der Waals surface area contributed by atoms with Gasteiger partial charge in [-0.15, -0.1) is 0 Å². The van der Waals surface area contributed by atoms with Crippen molar-refractivity contribution in [3.05, 3.63) is 65.5 Å². The molecule has 1 heterocycles. The van der Waals surface area contributed by atoms with Crippen LogP contribution in [-0.4, -0.2) is 9.81 Å². The number of fused-ring (bicyclic) bond motifs is 2. The predicted octanol–water partition coefficient (Wildman–Crippen LogP) is 4.47. The highest BCUT2D eigenvalue weighted by molar-refractivity contribution is 9.09. The Labute approximate surface area is 126 Å². The van der Waals surface area contributed by atoms with Crippen LogP contribution in [0.3, 0.4) is 0 Å². The third-order valence-corrected chi connectivity index (χ3v) is 5.00. The SMILES string of the molecule is BrC(Cc1nc2ccccc2o1)C1Cc2ccccc21. The van der Waals surface area contributed by atoms with Crippen LogP contribution in [0.25, 0.3) is 11.1 Å². The number of oxazole rings is 1. The van der Waals surface area contributed by atoms with Crippen molar-refractivity contribution >= 4 is 27.0 Å². The number of alkyl halides is 1. The smallest absolute Gasteiger partial charge is 0.196 e. The average molecular weight is 328 g/mol. The molecule has 2 nitrogen and oxygen atoms in total. The lowest BCUT2D eigenvalue weighted by Gasteiger charge is -2.33. The first-order chi connectivity index (χ1) is 9.81. The van der Waals surface area contributed by atoms with E-state index in [0.717, 1.165) is 29.8 Å². The minimum absolute atomic E-state index is 0.380. The number of nitrogens with zero attached hydrogens (tertiary/aromatic N) is 1. The zero-order valence-corrected chi connectivity index (χ0v) is 12.5. The molecule has 0 N–H and O–H groups in total. The quantitative estimate of drug-likeness (QED) is 0.663. The number of para-hydroxylation sites is 2. The lowest BCUT2D eigenvalue weighted by atomic mass is 9.75. The molecule has 1 aliphatic rings. The molecule has 3 heteroatoms. The van der Waals surface area contributed by atoms with Crippen LogP contribution in [0.1, 0.15) is 22.9 Å². The van der Waals surface area contributed by atoms with Gasteiger partial charge in [0.1, 0.15) is 5.52 Å². The van der Waals surface area contributed by atoms with Crippen LogP contribution in [0.15, 0.2) is 52.9 Å². The van der Waals surface area contributed by atoms with Crippen LogP contribution in [0, 0.1) is 0 Å². The van der Waals surface area contributed by atoms with Gasteiger partial charge in [-0.05, 0) is 29.7 Å². The molecule has 1 aliphatic carbocycles. The molecule has 3 aromatic rings. The van der Waals surface area contributed by atoms with Crippen molar-refractivity contribution < 1.29 is 4.42 Å². The first-order valence-electron chi connectivity index (χ1n) is 6.87. The maximum absolute atomic E-state index is 5.80. The number of hydrogen-bond acceptors (Lipinski definition) is 2. The molecule has 0 bridgehead atoms. The average Bonchev–Trinajstić information content (AvgIpc) is 2.82. The van der Waals surface area contributed by atoms with Gasteiger partial charge in [-0.1, -0.05) is 52.3 Å². The summed E-state index contributed by atoms with van der Waals surface area (Å²) in [6, 6.07) is 16.6. The Bertz CT molecular complexity index is 731. The van der Waals surface area contributed by atoms with Crippen LogP contribution >= 0.6 is 15.9 Å². The Kier molecular flexibility index (Phi) is 2.88. The highest BCUT2D eigenvalue weighted by Crippen LogP contribution is 2.41. The molecular formula is C17H14BrNO. The summed E-state index contributed by atoms with van der Waals surface area (Å²) in [7, 11) is 0. The van der Waals surface area contributed by atoms with E-state index in [-0.39, 0.29) is 0 Å². The van der Waals surface area contributed by atoms with E-state index in [1.165, 1.54) is 11.1 Å². The summed E-state index contributed by atoms with van der Waals surface area (Å²) < 4.78 is 5.80. The summed E-state index contributed by atoms with van der Waals surface area (Å²) in [5.74, 6) is 1.39. The molecule has 0 saturated carbocycles. The summed E-state index contributed by atoms with van der Waals surface area (Å²) >= 11 is 3.82. The molecule has 0 radical (unpaired) electrons. The Morgan fingerprint density at radius 2 is 1.95 bits per heavy atom. The van der Waals surface area contributed by atoms with Gasteiger partial charge in [0.15, 0.2) is 11.5 Å². The molecule has 2 unspecified atom stereocenters. The highest BCUT2D eigenvalue weighted by Gasteiger charge is 2.32. The number of hydrogen-bond donors (Lipinski definition) is 0. The van der Waals surface area contributed by atoms with Gasteiger partial charge in [-0.25, -0.2) is 4.98 Å². The molecule has 0 amide bonds. The van der Waals surface area contributed by atoms with Crippen molar-refractivity contribution in [2.75, 3.05) is 0 Å². The van der Waals surface area contributed by atoms with Crippen molar-refractivity contribution in [1.82, 2.24) is 4.98 Å². The fraction of sp³-hybridized carbons (Fsp3) is 0.235. The van der Waals surface area contributed by atoms with Crippen molar-refractivity contribution in [2.24, 2.45) is 0 Å². The van der Waals surface area contributed by atoms with Gasteiger partial charge in [0, 0.05) is 17.2 Å². The first-order valence-corrected chi connectivity index (χ1v) is 7.79. The zero-order valence-electron chi connectivity index (χ0n) is 10.9. The van der Waals surface area contributed by atoms with Gasteiger partial charge < -0.3 is 4.42 Å². The van der Waals surface area contributed by atoms with Crippen LogP contribution in [0.4, 0.5) is 0 Å². The topological polar surface area (TPSA) is 26.0 Å². The van der Waals surface area contributed by atoms with E-state index in [4.69, 9.17) is 4.42 Å². The molecule has 0 fully saturated rings. The summed E-state index contributed by atoms with van der Waals surface area (Å²) in [4.78, 5) is 4.93. The van der Waals surface area contributed by atoms with Gasteiger partial charge in [-0.3, -0.25) is 0 Å². The monoisotopic (exact) mass is 327 g/mol. The number of benzene rings is 2. The molecule has 0 saturated heterocycles. The zero-order chi connectivity index (χ0) is 13.5. The van der Waals surface area contributed by atoms with Crippen molar-refractivity contribution in [2.45, 2.75) is 23.6 Å². The van der Waals surface area contributed by atoms with Crippen molar-refractivity contribution in [3.63, 3.8) is 0 Å². The minimum Gasteiger partial charge on any atom is -0.441 e. The fourth-order valence-electron chi connectivity index (χ4n) is 2.94. The van der Waals surface area contributed by atoms with E-state index in [1.54, 1.807) is 0 Å². The molecule has 4 rings (SSSR count). The van der Waals surface area contributed by atoms with Crippen LogP contribution < -0.4 is 0 Å². The largest absolute Gasteiger partial charge is 0.441 e. The molecule has 2 atom stereocenters. The van der Waals surface area contributed by atoms with Gasteiger partial charge in [0.05, 0.1) is 0 Å². The van der Waals surface area contributed by atoms with E-state index < -0.39 is 0 Å². The summed E-state index contributed by atoms with van der Waals surface area (Å²) in [5.41, 5.74) is 4.75. The lowest BCUT2D eigenvalue weighted by Crippen LogP contribution is -2.26. The van der Waals surface area contributed by atoms with Crippen LogP contribution in [0.2, 0.25) is 0 Å². The summed E-state index contributed by atoms with van der Waals surface area (Å²) in [5, 5.41) is 0. The maximum Gasteiger partial charge on any atom is 0.196 e. The summed E-state index contributed by atoms with van der Waals surface area (Å²) in [6.07, 6.45) is 1.97. The Morgan fingerprint density at radius 1 is 1.15 bits per heavy atom. The summed E-state index contributed by atoms with van der Waals surface area (Å²) in [6.45, 7) is 0. The predicted molar refractivity (Wildman–Crippen MR) is 83.3 cm³/mol. The number of rotatable bonds is 3. The Morgan fingerprint density at radius 3 is 2.80 bits per heavy atom. The Hall–Kier alpha value is -1.61. The van der Waals surface area contributed by atoms with E-state index in [0.29, 0.717) is 10.7 Å². The molecular weight excluding hydrogens is 314 g/mol. The third-order valence-electron chi connectivity index (χ3n) is 4.04. The third kappa shape index (κ3) is 1.97. The van der Waals surface area contributed by atoms with Crippen LogP contribution in [-0.2, 0) is 12.8 Å². The lowest BCUT2D eigenvalue weighted by molar-refractivity contribution is 0.492. The van der Waals surface area contributed by atoms with Crippen molar-refractivity contribution in [1.29, 1.82) is 0 Å². The van der Waals surface area contributed by atoms with Crippen LogP contribution in [0.5, 0.6) is 0 Å². The standard InChI is InChI=1S/C17H14BrNO/c18-14(13-9-11-5-1-2-6-12(11)13)10-17-19-15-7-3-4-8-16(15)20-17/h1-8,13-14H,9-10H2. The molecule has 0 spiro atoms. The molecule has 20 heavy (non-hydrogen) atoms. The fourth-order valence-corrected chi connectivity index (χ4v) is 3.69. The Balaban J connectivity index is 1.55. The first kappa shape index (κ1) is 12.2. The van der Waals surface area contributed by atoms with Gasteiger partial charge >= 0.3 is 0 Å². The van der Waals surface area contributed by atoms with Crippen molar-refractivity contribution in [3.8, 4) is 0 Å². The van der Waals surface area contributed by atoms with E-state index in [2.05, 4.69) is 45.2 Å². The number of halogens is 1. The van der Waals surface area contributed by atoms with E-state index >= 15 is 0 Å². The number of aromatic nitrogens is 1. The normalized spacial score (nSPS) is 18.6. The minimum atomic E-state index is 0.380. The van der Waals surface area contributed by atoms with E-state index in [1.807, 2.05) is 24.3 Å². The van der Waals surface area contributed by atoms with E-state index in [9.17, 15) is 0 Å².